The van der Waals surface area contributed by atoms with E-state index in [0.29, 0.717) is 18.0 Å². The number of aryl methyl sites for hydroxylation is 1. The molecule has 8 nitrogen and oxygen atoms in total. The standard InChI is InChI=1S/C18H27N7O/c1-13-22-17(24-23-13)15-4-6-25(7-5-15)12-14-9-19-18(20-10-14)21-11-16-3-2-8-26-16/h9-10,15-16H,2-8,11-12H2,1H3,(H,19,20,21)(H,22,23,24)/t16-/m0/s1. The molecule has 0 aromatic carbocycles. The second kappa shape index (κ2) is 8.09. The fraction of sp³-hybridized carbons (Fsp3) is 0.667. The van der Waals surface area contributed by atoms with Crippen LogP contribution in [-0.4, -0.2) is 62.4 Å². The molecule has 0 spiro atoms. The third-order valence-electron chi connectivity index (χ3n) is 5.19. The minimum Gasteiger partial charge on any atom is -0.376 e. The van der Waals surface area contributed by atoms with E-state index in [1.807, 2.05) is 19.3 Å². The van der Waals surface area contributed by atoms with Crippen molar-refractivity contribution in [2.75, 3.05) is 31.6 Å². The first-order valence-electron chi connectivity index (χ1n) is 9.54. The molecule has 0 bridgehead atoms. The fourth-order valence-corrected chi connectivity index (χ4v) is 3.69. The van der Waals surface area contributed by atoms with Crippen molar-refractivity contribution in [3.8, 4) is 0 Å². The van der Waals surface area contributed by atoms with Gasteiger partial charge in [-0.15, -0.1) is 0 Å². The van der Waals surface area contributed by atoms with Gasteiger partial charge in [-0.05, 0) is 45.7 Å². The molecule has 8 heteroatoms. The average molecular weight is 357 g/mol. The summed E-state index contributed by atoms with van der Waals surface area (Å²) in [5.74, 6) is 3.01. The lowest BCUT2D eigenvalue weighted by Gasteiger charge is -2.30. The van der Waals surface area contributed by atoms with Gasteiger partial charge in [-0.25, -0.2) is 15.0 Å². The maximum Gasteiger partial charge on any atom is 0.222 e. The quantitative estimate of drug-likeness (QED) is 0.815. The SMILES string of the molecule is Cc1nc(C2CCN(Cc3cnc(NC[C@@H]4CCCO4)nc3)CC2)n[nH]1. The summed E-state index contributed by atoms with van der Waals surface area (Å²) in [6.07, 6.45) is 8.61. The minimum atomic E-state index is 0.298. The Kier molecular flexibility index (Phi) is 5.40. The van der Waals surface area contributed by atoms with Gasteiger partial charge in [0.2, 0.25) is 5.95 Å². The molecule has 4 rings (SSSR count). The lowest BCUT2D eigenvalue weighted by molar-refractivity contribution is 0.120. The number of aromatic nitrogens is 5. The van der Waals surface area contributed by atoms with E-state index >= 15 is 0 Å². The zero-order chi connectivity index (χ0) is 17.8. The van der Waals surface area contributed by atoms with Crippen LogP contribution in [0.1, 0.15) is 48.8 Å². The highest BCUT2D eigenvalue weighted by molar-refractivity contribution is 5.25. The van der Waals surface area contributed by atoms with Gasteiger partial charge in [0.1, 0.15) is 5.82 Å². The number of nitrogens with zero attached hydrogens (tertiary/aromatic N) is 5. The van der Waals surface area contributed by atoms with Crippen molar-refractivity contribution in [1.29, 1.82) is 0 Å². The maximum atomic E-state index is 5.61. The van der Waals surface area contributed by atoms with Crippen LogP contribution in [-0.2, 0) is 11.3 Å². The Bertz CT molecular complexity index is 688. The average Bonchev–Trinajstić information content (AvgIpc) is 3.34. The third kappa shape index (κ3) is 4.37. The molecule has 2 aliphatic heterocycles. The summed E-state index contributed by atoms with van der Waals surface area (Å²) in [7, 11) is 0. The molecule has 0 amide bonds. The molecule has 0 aliphatic carbocycles. The Hall–Kier alpha value is -2.06. The van der Waals surface area contributed by atoms with Crippen molar-refractivity contribution in [1.82, 2.24) is 30.0 Å². The largest absolute Gasteiger partial charge is 0.376 e. The number of ether oxygens (including phenoxy) is 1. The second-order valence-electron chi connectivity index (χ2n) is 7.26. The van der Waals surface area contributed by atoms with Gasteiger partial charge in [0, 0.05) is 43.6 Å². The van der Waals surface area contributed by atoms with E-state index in [1.165, 1.54) is 0 Å². The number of nitrogens with one attached hydrogen (secondary N) is 2. The Labute approximate surface area is 153 Å². The van der Waals surface area contributed by atoms with E-state index < -0.39 is 0 Å². The maximum absolute atomic E-state index is 5.61. The highest BCUT2D eigenvalue weighted by Gasteiger charge is 2.23. The number of H-pyrrole nitrogens is 1. The Morgan fingerprint density at radius 1 is 1.23 bits per heavy atom. The Morgan fingerprint density at radius 2 is 2.04 bits per heavy atom. The van der Waals surface area contributed by atoms with Crippen LogP contribution in [0.4, 0.5) is 5.95 Å². The van der Waals surface area contributed by atoms with Gasteiger partial charge >= 0.3 is 0 Å². The van der Waals surface area contributed by atoms with Crippen LogP contribution in [0.15, 0.2) is 12.4 Å². The number of likely N-dealkylation sites (tertiary alicyclic amines) is 1. The zero-order valence-electron chi connectivity index (χ0n) is 15.3. The molecule has 26 heavy (non-hydrogen) atoms. The summed E-state index contributed by atoms with van der Waals surface area (Å²) >= 11 is 0. The molecule has 2 saturated heterocycles. The summed E-state index contributed by atoms with van der Waals surface area (Å²) in [5.41, 5.74) is 1.15. The first-order valence-corrected chi connectivity index (χ1v) is 9.54. The second-order valence-corrected chi connectivity index (χ2v) is 7.26. The third-order valence-corrected chi connectivity index (χ3v) is 5.19. The van der Waals surface area contributed by atoms with E-state index in [-0.39, 0.29) is 0 Å². The fourth-order valence-electron chi connectivity index (χ4n) is 3.69. The van der Waals surface area contributed by atoms with Crippen molar-refractivity contribution < 1.29 is 4.74 Å². The van der Waals surface area contributed by atoms with Crippen LogP contribution in [0.3, 0.4) is 0 Å². The first-order chi connectivity index (χ1) is 12.8. The van der Waals surface area contributed by atoms with Gasteiger partial charge in [-0.3, -0.25) is 10.00 Å². The molecule has 4 heterocycles. The molecular formula is C18H27N7O. The van der Waals surface area contributed by atoms with Gasteiger partial charge < -0.3 is 10.1 Å². The summed E-state index contributed by atoms with van der Waals surface area (Å²) in [5, 5.41) is 10.5. The van der Waals surface area contributed by atoms with Crippen molar-refractivity contribution in [3.63, 3.8) is 0 Å². The number of aromatic amines is 1. The van der Waals surface area contributed by atoms with Crippen molar-refractivity contribution in [2.45, 2.75) is 51.2 Å². The van der Waals surface area contributed by atoms with E-state index in [4.69, 9.17) is 4.74 Å². The van der Waals surface area contributed by atoms with Crippen molar-refractivity contribution in [3.05, 3.63) is 29.6 Å². The molecular weight excluding hydrogens is 330 g/mol. The van der Waals surface area contributed by atoms with Crippen LogP contribution in [0.2, 0.25) is 0 Å². The number of piperidine rings is 1. The van der Waals surface area contributed by atoms with Gasteiger partial charge in [0.15, 0.2) is 5.82 Å². The van der Waals surface area contributed by atoms with Crippen LogP contribution in [0, 0.1) is 6.92 Å². The number of hydrogen-bond acceptors (Lipinski definition) is 7. The van der Waals surface area contributed by atoms with Gasteiger partial charge in [0.05, 0.1) is 6.10 Å². The molecule has 0 radical (unpaired) electrons. The summed E-state index contributed by atoms with van der Waals surface area (Å²) in [6.45, 7) is 6.61. The Balaban J connectivity index is 1.23. The van der Waals surface area contributed by atoms with Gasteiger partial charge in [0.25, 0.3) is 0 Å². The topological polar surface area (TPSA) is 91.8 Å². The number of rotatable bonds is 6. The molecule has 2 fully saturated rings. The van der Waals surface area contributed by atoms with Crippen LogP contribution in [0.5, 0.6) is 0 Å². The molecule has 0 unspecified atom stereocenters. The molecule has 2 aromatic rings. The number of hydrogen-bond donors (Lipinski definition) is 2. The molecule has 140 valence electrons. The van der Waals surface area contributed by atoms with E-state index in [1.54, 1.807) is 0 Å². The van der Waals surface area contributed by atoms with E-state index in [9.17, 15) is 0 Å². The smallest absolute Gasteiger partial charge is 0.222 e. The molecule has 0 saturated carbocycles. The molecule has 2 aliphatic rings. The predicted octanol–water partition coefficient (Wildman–Crippen LogP) is 1.87. The summed E-state index contributed by atoms with van der Waals surface area (Å²) < 4.78 is 5.61. The van der Waals surface area contributed by atoms with Gasteiger partial charge in [-0.2, -0.15) is 5.10 Å². The van der Waals surface area contributed by atoms with Crippen molar-refractivity contribution >= 4 is 5.95 Å². The predicted molar refractivity (Wildman–Crippen MR) is 97.9 cm³/mol. The Morgan fingerprint density at radius 3 is 2.69 bits per heavy atom. The minimum absolute atomic E-state index is 0.298. The van der Waals surface area contributed by atoms with Gasteiger partial charge in [-0.1, -0.05) is 0 Å². The van der Waals surface area contributed by atoms with Crippen LogP contribution < -0.4 is 5.32 Å². The summed E-state index contributed by atoms with van der Waals surface area (Å²) in [4.78, 5) is 15.8. The van der Waals surface area contributed by atoms with Crippen molar-refractivity contribution in [2.24, 2.45) is 0 Å². The lowest BCUT2D eigenvalue weighted by atomic mass is 9.96. The molecule has 1 atom stereocenters. The zero-order valence-corrected chi connectivity index (χ0v) is 15.3. The van der Waals surface area contributed by atoms with E-state index in [2.05, 4.69) is 35.4 Å². The monoisotopic (exact) mass is 357 g/mol. The highest BCUT2D eigenvalue weighted by atomic mass is 16.5. The van der Waals surface area contributed by atoms with Crippen LogP contribution >= 0.6 is 0 Å². The molecule has 2 aromatic heterocycles. The normalized spacial score (nSPS) is 22.0. The van der Waals surface area contributed by atoms with E-state index in [0.717, 1.165) is 75.7 Å². The van der Waals surface area contributed by atoms with Crippen LogP contribution in [0.25, 0.3) is 0 Å². The lowest BCUT2D eigenvalue weighted by Crippen LogP contribution is -2.32. The number of anilines is 1. The first kappa shape index (κ1) is 17.4. The highest BCUT2D eigenvalue weighted by Crippen LogP contribution is 2.26. The summed E-state index contributed by atoms with van der Waals surface area (Å²) in [6, 6.07) is 0. The molecule has 2 N–H and O–H groups in total.